The van der Waals surface area contributed by atoms with Gasteiger partial charge in [-0.1, -0.05) is 54.6 Å². The van der Waals surface area contributed by atoms with Crippen molar-refractivity contribution < 1.29 is 8.42 Å². The van der Waals surface area contributed by atoms with E-state index in [1.165, 1.54) is 6.21 Å². The van der Waals surface area contributed by atoms with Crippen molar-refractivity contribution in [3.8, 4) is 0 Å². The second-order valence-electron chi connectivity index (χ2n) is 4.36. The summed E-state index contributed by atoms with van der Waals surface area (Å²) in [4.78, 5) is 0.190. The maximum atomic E-state index is 12.1. The first-order valence-electron chi connectivity index (χ1n) is 6.11. The first kappa shape index (κ1) is 14.2. The zero-order valence-corrected chi connectivity index (χ0v) is 12.0. The van der Waals surface area contributed by atoms with E-state index in [1.807, 2.05) is 25.1 Å². The maximum Gasteiger partial charge on any atom is 0.282 e. The molecule has 0 aliphatic carbocycles. The number of sulfonamides is 1. The molecule has 0 saturated heterocycles. The van der Waals surface area contributed by atoms with Gasteiger partial charge in [-0.05, 0) is 24.6 Å². The van der Waals surface area contributed by atoms with Gasteiger partial charge in [0.05, 0.1) is 4.90 Å². The summed E-state index contributed by atoms with van der Waals surface area (Å²) in [6.07, 6.45) is 3.02. The summed E-state index contributed by atoms with van der Waals surface area (Å²) < 4.78 is 27.9. The average Bonchev–Trinajstić information content (AvgIpc) is 2.46. The standard InChI is InChI=1S/C16H15NO2S/c1-3-14-6-4-5-7-15(14)12-17-20(18,19)16-10-8-13(2)9-11-16/h3-12H,1H2,2H3/b17-12-. The van der Waals surface area contributed by atoms with E-state index in [-0.39, 0.29) is 4.90 Å². The lowest BCUT2D eigenvalue weighted by atomic mass is 10.1. The van der Waals surface area contributed by atoms with Gasteiger partial charge in [0.2, 0.25) is 0 Å². The van der Waals surface area contributed by atoms with Crippen molar-refractivity contribution in [1.29, 1.82) is 0 Å². The normalized spacial score (nSPS) is 11.7. The van der Waals surface area contributed by atoms with Gasteiger partial charge in [0.15, 0.2) is 0 Å². The highest BCUT2D eigenvalue weighted by Crippen LogP contribution is 2.14. The molecule has 2 aromatic rings. The van der Waals surface area contributed by atoms with Gasteiger partial charge in [-0.15, -0.1) is 0 Å². The first-order valence-corrected chi connectivity index (χ1v) is 7.55. The lowest BCUT2D eigenvalue weighted by Crippen LogP contribution is -1.98. The lowest BCUT2D eigenvalue weighted by molar-refractivity contribution is 0.598. The van der Waals surface area contributed by atoms with E-state index in [2.05, 4.69) is 11.0 Å². The summed E-state index contributed by atoms with van der Waals surface area (Å²) in [5.41, 5.74) is 2.57. The zero-order valence-electron chi connectivity index (χ0n) is 11.2. The molecule has 0 heterocycles. The number of nitrogens with zero attached hydrogens (tertiary/aromatic N) is 1. The Morgan fingerprint density at radius 2 is 1.60 bits per heavy atom. The Labute approximate surface area is 119 Å². The molecule has 0 aliphatic rings. The van der Waals surface area contributed by atoms with Crippen molar-refractivity contribution in [2.24, 2.45) is 4.40 Å². The topological polar surface area (TPSA) is 46.5 Å². The molecule has 20 heavy (non-hydrogen) atoms. The van der Waals surface area contributed by atoms with Crippen LogP contribution in [0, 0.1) is 6.92 Å². The summed E-state index contributed by atoms with van der Waals surface area (Å²) in [5.74, 6) is 0. The van der Waals surface area contributed by atoms with Crippen LogP contribution in [0.4, 0.5) is 0 Å². The van der Waals surface area contributed by atoms with E-state index in [1.54, 1.807) is 36.4 Å². The van der Waals surface area contributed by atoms with Gasteiger partial charge in [-0.2, -0.15) is 12.8 Å². The van der Waals surface area contributed by atoms with Crippen LogP contribution in [0.15, 0.2) is 64.4 Å². The minimum atomic E-state index is -3.67. The molecule has 0 bridgehead atoms. The lowest BCUT2D eigenvalue weighted by Gasteiger charge is -2.01. The second kappa shape index (κ2) is 5.84. The Morgan fingerprint density at radius 3 is 2.20 bits per heavy atom. The predicted molar refractivity (Wildman–Crippen MR) is 82.5 cm³/mol. The molecule has 0 spiro atoms. The number of benzene rings is 2. The Morgan fingerprint density at radius 1 is 1.00 bits per heavy atom. The molecule has 0 fully saturated rings. The molecule has 2 rings (SSSR count). The third-order valence-electron chi connectivity index (χ3n) is 2.87. The Kier molecular flexibility index (Phi) is 4.15. The van der Waals surface area contributed by atoms with E-state index in [9.17, 15) is 8.42 Å². The highest BCUT2D eigenvalue weighted by Gasteiger charge is 2.11. The molecule has 0 atom stereocenters. The first-order chi connectivity index (χ1) is 9.53. The van der Waals surface area contributed by atoms with Crippen LogP contribution in [-0.2, 0) is 10.0 Å². The molecule has 4 heteroatoms. The van der Waals surface area contributed by atoms with Crippen LogP contribution in [0.2, 0.25) is 0 Å². The summed E-state index contributed by atoms with van der Waals surface area (Å²) in [5, 5.41) is 0. The molecule has 0 saturated carbocycles. The summed E-state index contributed by atoms with van der Waals surface area (Å²) in [6, 6.07) is 14.0. The third kappa shape index (κ3) is 3.22. The number of hydrogen-bond acceptors (Lipinski definition) is 2. The Hall–Kier alpha value is -2.20. The predicted octanol–water partition coefficient (Wildman–Crippen LogP) is 3.45. The van der Waals surface area contributed by atoms with Gasteiger partial charge in [0.1, 0.15) is 0 Å². The molecule has 0 radical (unpaired) electrons. The molecule has 102 valence electrons. The third-order valence-corrected chi connectivity index (χ3v) is 4.12. The van der Waals surface area contributed by atoms with E-state index in [0.29, 0.717) is 0 Å². The molecule has 3 nitrogen and oxygen atoms in total. The van der Waals surface area contributed by atoms with Crippen molar-refractivity contribution in [2.75, 3.05) is 0 Å². The van der Waals surface area contributed by atoms with Crippen molar-refractivity contribution in [3.63, 3.8) is 0 Å². The van der Waals surface area contributed by atoms with E-state index in [4.69, 9.17) is 0 Å². The fourth-order valence-electron chi connectivity index (χ4n) is 1.71. The monoisotopic (exact) mass is 285 g/mol. The highest BCUT2D eigenvalue weighted by molar-refractivity contribution is 7.90. The number of rotatable bonds is 4. The molecule has 0 unspecified atom stereocenters. The van der Waals surface area contributed by atoms with E-state index in [0.717, 1.165) is 16.7 Å². The van der Waals surface area contributed by atoms with Gasteiger partial charge in [0, 0.05) is 11.8 Å². The number of aryl methyl sites for hydroxylation is 1. The number of hydrogen-bond donors (Lipinski definition) is 0. The van der Waals surface area contributed by atoms with Crippen LogP contribution in [0.5, 0.6) is 0 Å². The smallest absolute Gasteiger partial charge is 0.199 e. The summed E-state index contributed by atoms with van der Waals surface area (Å²) in [7, 11) is -3.67. The summed E-state index contributed by atoms with van der Waals surface area (Å²) >= 11 is 0. The quantitative estimate of drug-likeness (QED) is 0.808. The molecule has 0 aromatic heterocycles. The van der Waals surface area contributed by atoms with Gasteiger partial charge < -0.3 is 0 Å². The van der Waals surface area contributed by atoms with Crippen molar-refractivity contribution in [1.82, 2.24) is 0 Å². The minimum absolute atomic E-state index is 0.190. The van der Waals surface area contributed by atoms with Gasteiger partial charge in [-0.3, -0.25) is 0 Å². The van der Waals surface area contributed by atoms with Crippen LogP contribution in [0.25, 0.3) is 6.08 Å². The average molecular weight is 285 g/mol. The highest BCUT2D eigenvalue weighted by atomic mass is 32.2. The zero-order chi connectivity index (χ0) is 14.6. The van der Waals surface area contributed by atoms with Gasteiger partial charge in [0.25, 0.3) is 10.0 Å². The molecule has 0 N–H and O–H groups in total. The second-order valence-corrected chi connectivity index (χ2v) is 5.99. The molecular weight excluding hydrogens is 270 g/mol. The Bertz CT molecular complexity index is 744. The fraction of sp³-hybridized carbons (Fsp3) is 0.0625. The largest absolute Gasteiger partial charge is 0.282 e. The maximum absolute atomic E-state index is 12.1. The van der Waals surface area contributed by atoms with E-state index >= 15 is 0 Å². The SMILES string of the molecule is C=Cc1ccccc1/C=N\S(=O)(=O)c1ccc(C)cc1. The summed E-state index contributed by atoms with van der Waals surface area (Å²) in [6.45, 7) is 5.60. The van der Waals surface area contributed by atoms with Crippen LogP contribution in [0.3, 0.4) is 0 Å². The van der Waals surface area contributed by atoms with Crippen LogP contribution in [-0.4, -0.2) is 14.6 Å². The molecule has 0 amide bonds. The van der Waals surface area contributed by atoms with Crippen molar-refractivity contribution in [2.45, 2.75) is 11.8 Å². The van der Waals surface area contributed by atoms with Gasteiger partial charge >= 0.3 is 0 Å². The minimum Gasteiger partial charge on any atom is -0.199 e. The van der Waals surface area contributed by atoms with Crippen molar-refractivity contribution >= 4 is 22.3 Å². The van der Waals surface area contributed by atoms with Crippen molar-refractivity contribution in [3.05, 3.63) is 71.8 Å². The van der Waals surface area contributed by atoms with Crippen LogP contribution < -0.4 is 0 Å². The van der Waals surface area contributed by atoms with Gasteiger partial charge in [-0.25, -0.2) is 0 Å². The van der Waals surface area contributed by atoms with Crippen LogP contribution >= 0.6 is 0 Å². The fourth-order valence-corrected chi connectivity index (χ4v) is 2.57. The molecule has 2 aromatic carbocycles. The molecule has 0 aliphatic heterocycles. The van der Waals surface area contributed by atoms with Crippen LogP contribution in [0.1, 0.15) is 16.7 Å². The van der Waals surface area contributed by atoms with E-state index < -0.39 is 10.0 Å². The Balaban J connectivity index is 2.35. The molecular formula is C16H15NO2S.